The van der Waals surface area contributed by atoms with Crippen LogP contribution < -0.4 is 18.9 Å². The number of para-hydroxylation sites is 1. The average Bonchev–Trinajstić information content (AvgIpc) is 2.65. The van der Waals surface area contributed by atoms with Gasteiger partial charge in [0, 0.05) is 12.1 Å². The van der Waals surface area contributed by atoms with Crippen molar-refractivity contribution >= 4 is 17.6 Å². The van der Waals surface area contributed by atoms with Gasteiger partial charge >= 0.3 is 5.97 Å². The molecule has 0 heterocycles. The van der Waals surface area contributed by atoms with Crippen molar-refractivity contribution in [2.75, 3.05) is 34.5 Å². The number of rotatable bonds is 8. The first-order valence-corrected chi connectivity index (χ1v) is 7.83. The van der Waals surface area contributed by atoms with E-state index in [0.29, 0.717) is 28.0 Å². The minimum Gasteiger partial charge on any atom is -0.496 e. The van der Waals surface area contributed by atoms with Crippen molar-refractivity contribution in [1.29, 1.82) is 0 Å². The zero-order valence-electron chi connectivity index (χ0n) is 14.2. The molecular weight excluding hydrogens is 348 g/mol. The quantitative estimate of drug-likeness (QED) is 0.525. The molecule has 0 N–H and O–H groups in total. The Kier molecular flexibility index (Phi) is 6.77. The highest BCUT2D eigenvalue weighted by Crippen LogP contribution is 2.34. The molecule has 0 aliphatic rings. The van der Waals surface area contributed by atoms with Crippen molar-refractivity contribution in [3.63, 3.8) is 0 Å². The molecule has 7 heteroatoms. The second kappa shape index (κ2) is 9.03. The van der Waals surface area contributed by atoms with Crippen LogP contribution in [0.5, 0.6) is 23.0 Å². The normalized spacial score (nSPS) is 10.1. The molecule has 0 unspecified atom stereocenters. The molecule has 0 fully saturated rings. The standard InChI is InChI=1S/C18H19ClO6/c1-21-15-11-17(23-3)16(22-2)10-12(15)18(20)25-9-8-24-14-7-5-4-6-13(14)19/h4-7,10-11H,8-9H2,1-3H3. The molecule has 0 saturated heterocycles. The number of halogens is 1. The predicted octanol–water partition coefficient (Wildman–Crippen LogP) is 3.60. The van der Waals surface area contributed by atoms with E-state index in [0.717, 1.165) is 0 Å². The number of hydrogen-bond acceptors (Lipinski definition) is 6. The number of ether oxygens (including phenoxy) is 5. The Morgan fingerprint density at radius 1 is 0.880 bits per heavy atom. The largest absolute Gasteiger partial charge is 0.496 e. The summed E-state index contributed by atoms with van der Waals surface area (Å²) < 4.78 is 26.3. The van der Waals surface area contributed by atoms with Gasteiger partial charge < -0.3 is 23.7 Å². The number of carbonyl (C=O) groups is 1. The van der Waals surface area contributed by atoms with Crippen LogP contribution in [0.1, 0.15) is 10.4 Å². The van der Waals surface area contributed by atoms with E-state index in [1.807, 2.05) is 6.07 Å². The van der Waals surface area contributed by atoms with E-state index in [1.54, 1.807) is 24.3 Å². The number of benzene rings is 2. The minimum absolute atomic E-state index is 0.0571. The summed E-state index contributed by atoms with van der Waals surface area (Å²) in [6.07, 6.45) is 0. The summed E-state index contributed by atoms with van der Waals surface area (Å²) in [5.41, 5.74) is 0.234. The second-order valence-electron chi connectivity index (χ2n) is 4.82. The number of esters is 1. The van der Waals surface area contributed by atoms with Crippen LogP contribution in [-0.4, -0.2) is 40.5 Å². The van der Waals surface area contributed by atoms with Gasteiger partial charge in [0.05, 0.1) is 26.4 Å². The summed E-state index contributed by atoms with van der Waals surface area (Å²) in [6, 6.07) is 10.1. The smallest absolute Gasteiger partial charge is 0.342 e. The number of hydrogen-bond donors (Lipinski definition) is 0. The lowest BCUT2D eigenvalue weighted by Crippen LogP contribution is -2.13. The van der Waals surface area contributed by atoms with Crippen LogP contribution in [0.15, 0.2) is 36.4 Å². The zero-order valence-corrected chi connectivity index (χ0v) is 15.0. The van der Waals surface area contributed by atoms with Crippen LogP contribution >= 0.6 is 11.6 Å². The van der Waals surface area contributed by atoms with Gasteiger partial charge in [-0.3, -0.25) is 0 Å². The lowest BCUT2D eigenvalue weighted by atomic mass is 10.1. The molecular formula is C18H19ClO6. The lowest BCUT2D eigenvalue weighted by Gasteiger charge is -2.14. The molecule has 0 aliphatic carbocycles. The van der Waals surface area contributed by atoms with Crippen molar-refractivity contribution in [2.24, 2.45) is 0 Å². The highest BCUT2D eigenvalue weighted by Gasteiger charge is 2.19. The van der Waals surface area contributed by atoms with Crippen molar-refractivity contribution in [3.8, 4) is 23.0 Å². The molecule has 2 aromatic rings. The van der Waals surface area contributed by atoms with E-state index in [4.69, 9.17) is 35.3 Å². The molecule has 0 saturated carbocycles. The Bertz CT molecular complexity index is 732. The van der Waals surface area contributed by atoms with E-state index >= 15 is 0 Å². The fourth-order valence-corrected chi connectivity index (χ4v) is 2.30. The summed E-state index contributed by atoms with van der Waals surface area (Å²) in [5.74, 6) is 1.17. The fraction of sp³-hybridized carbons (Fsp3) is 0.278. The Hall–Kier alpha value is -2.60. The van der Waals surface area contributed by atoms with Crippen LogP contribution in [-0.2, 0) is 4.74 Å². The summed E-state index contributed by atoms with van der Waals surface area (Å²) in [5, 5.41) is 0.496. The van der Waals surface area contributed by atoms with Crippen molar-refractivity contribution in [1.82, 2.24) is 0 Å². The Morgan fingerprint density at radius 2 is 1.52 bits per heavy atom. The van der Waals surface area contributed by atoms with E-state index in [9.17, 15) is 4.79 Å². The molecule has 0 aromatic heterocycles. The zero-order chi connectivity index (χ0) is 18.2. The second-order valence-corrected chi connectivity index (χ2v) is 5.23. The number of carbonyl (C=O) groups excluding carboxylic acids is 1. The van der Waals surface area contributed by atoms with Crippen molar-refractivity contribution in [2.45, 2.75) is 0 Å². The third kappa shape index (κ3) is 4.70. The van der Waals surface area contributed by atoms with Gasteiger partial charge in [-0.25, -0.2) is 4.79 Å². The first-order chi connectivity index (χ1) is 12.1. The SMILES string of the molecule is COc1cc(OC)c(C(=O)OCCOc2ccccc2Cl)cc1OC. The summed E-state index contributed by atoms with van der Waals surface area (Å²) in [7, 11) is 4.44. The molecule has 0 aliphatic heterocycles. The fourth-order valence-electron chi connectivity index (χ4n) is 2.11. The van der Waals surface area contributed by atoms with E-state index < -0.39 is 5.97 Å². The van der Waals surface area contributed by atoms with Gasteiger partial charge in [-0.05, 0) is 12.1 Å². The Balaban J connectivity index is 1.99. The van der Waals surface area contributed by atoms with Gasteiger partial charge in [-0.15, -0.1) is 0 Å². The third-order valence-corrected chi connectivity index (χ3v) is 3.65. The summed E-state index contributed by atoms with van der Waals surface area (Å²) >= 11 is 5.99. The molecule has 0 atom stereocenters. The molecule has 0 spiro atoms. The number of methoxy groups -OCH3 is 3. The van der Waals surface area contributed by atoms with Crippen LogP contribution in [0.25, 0.3) is 0 Å². The van der Waals surface area contributed by atoms with E-state index in [2.05, 4.69) is 0 Å². The van der Waals surface area contributed by atoms with Crippen LogP contribution in [0.3, 0.4) is 0 Å². The van der Waals surface area contributed by atoms with Gasteiger partial charge in [0.1, 0.15) is 30.3 Å². The first kappa shape index (κ1) is 18.7. The summed E-state index contributed by atoms with van der Waals surface area (Å²) in [4.78, 5) is 12.3. The topological polar surface area (TPSA) is 63.2 Å². The van der Waals surface area contributed by atoms with E-state index in [-0.39, 0.29) is 18.8 Å². The molecule has 2 aromatic carbocycles. The van der Waals surface area contributed by atoms with Gasteiger partial charge in [-0.2, -0.15) is 0 Å². The highest BCUT2D eigenvalue weighted by molar-refractivity contribution is 6.32. The molecule has 6 nitrogen and oxygen atoms in total. The van der Waals surface area contributed by atoms with Crippen LogP contribution in [0.2, 0.25) is 5.02 Å². The van der Waals surface area contributed by atoms with Gasteiger partial charge in [0.25, 0.3) is 0 Å². The molecule has 0 amide bonds. The van der Waals surface area contributed by atoms with Crippen LogP contribution in [0, 0.1) is 0 Å². The van der Waals surface area contributed by atoms with Gasteiger partial charge in [0.15, 0.2) is 11.5 Å². The maximum atomic E-state index is 12.3. The molecule has 134 valence electrons. The van der Waals surface area contributed by atoms with E-state index in [1.165, 1.54) is 27.4 Å². The first-order valence-electron chi connectivity index (χ1n) is 7.45. The Labute approximate surface area is 151 Å². The lowest BCUT2D eigenvalue weighted by molar-refractivity contribution is 0.0446. The van der Waals surface area contributed by atoms with Gasteiger partial charge in [0.2, 0.25) is 0 Å². The molecule has 0 radical (unpaired) electrons. The summed E-state index contributed by atoms with van der Waals surface area (Å²) in [6.45, 7) is 0.229. The maximum absolute atomic E-state index is 12.3. The van der Waals surface area contributed by atoms with Crippen molar-refractivity contribution in [3.05, 3.63) is 47.0 Å². The molecule has 25 heavy (non-hydrogen) atoms. The Morgan fingerprint density at radius 3 is 2.16 bits per heavy atom. The molecule has 0 bridgehead atoms. The van der Waals surface area contributed by atoms with Crippen molar-refractivity contribution < 1.29 is 28.5 Å². The average molecular weight is 367 g/mol. The van der Waals surface area contributed by atoms with Crippen LogP contribution in [0.4, 0.5) is 0 Å². The minimum atomic E-state index is -0.555. The third-order valence-electron chi connectivity index (χ3n) is 3.34. The molecule has 2 rings (SSSR count). The predicted molar refractivity (Wildman–Crippen MR) is 93.3 cm³/mol. The monoisotopic (exact) mass is 366 g/mol. The van der Waals surface area contributed by atoms with Gasteiger partial charge in [-0.1, -0.05) is 23.7 Å². The highest BCUT2D eigenvalue weighted by atomic mass is 35.5. The maximum Gasteiger partial charge on any atom is 0.342 e.